The summed E-state index contributed by atoms with van der Waals surface area (Å²) in [7, 11) is -8.50. The van der Waals surface area contributed by atoms with E-state index in [1.165, 1.54) is 30.3 Å². The van der Waals surface area contributed by atoms with Crippen molar-refractivity contribution in [1.29, 1.82) is 0 Å². The van der Waals surface area contributed by atoms with E-state index in [1.807, 2.05) is 0 Å². The summed E-state index contributed by atoms with van der Waals surface area (Å²) < 4.78 is 112. The minimum atomic E-state index is -4.25. The van der Waals surface area contributed by atoms with Gasteiger partial charge in [-0.3, -0.25) is 4.79 Å². The molecule has 7 rings (SSSR count). The number of halogens is 3. The lowest BCUT2D eigenvalue weighted by molar-refractivity contribution is -0.143. The Morgan fingerprint density at radius 2 is 1.75 bits per heavy atom. The van der Waals surface area contributed by atoms with Crippen LogP contribution in [0.1, 0.15) is 47.5 Å². The van der Waals surface area contributed by atoms with E-state index in [0.29, 0.717) is 29.9 Å². The summed E-state index contributed by atoms with van der Waals surface area (Å²) in [4.78, 5) is 19.0. The van der Waals surface area contributed by atoms with Gasteiger partial charge < -0.3 is 19.8 Å². The Hall–Kier alpha value is -5.45. The van der Waals surface area contributed by atoms with E-state index in [4.69, 9.17) is 9.47 Å². The van der Waals surface area contributed by atoms with Gasteiger partial charge in [0, 0.05) is 54.5 Å². The molecule has 1 atom stereocenters. The number of hydrogen-bond donors (Lipinski definition) is 2. The molecule has 2 aromatic heterocycles. The van der Waals surface area contributed by atoms with Crippen molar-refractivity contribution in [3.8, 4) is 22.9 Å². The van der Waals surface area contributed by atoms with Crippen LogP contribution in [0.2, 0.25) is 0 Å². The van der Waals surface area contributed by atoms with Gasteiger partial charge in [-0.25, -0.2) is 39.0 Å². The number of hydrogen-bond acceptors (Lipinski definition) is 9. The summed E-state index contributed by atoms with van der Waals surface area (Å²) in [6, 6.07) is 15.8. The van der Waals surface area contributed by atoms with Crippen LogP contribution >= 0.6 is 0 Å². The molecule has 0 aliphatic carbocycles. The second-order valence-electron chi connectivity index (χ2n) is 13.1. The highest BCUT2D eigenvalue weighted by atomic mass is 32.2. The Morgan fingerprint density at radius 3 is 2.47 bits per heavy atom. The van der Waals surface area contributed by atoms with Gasteiger partial charge in [-0.2, -0.15) is 0 Å². The zero-order valence-electron chi connectivity index (χ0n) is 29.8. The fourth-order valence-electron chi connectivity index (χ4n) is 6.70. The fraction of sp³-hybridized carbons (Fsp3) is 0.231. The molecule has 16 heteroatoms. The quantitative estimate of drug-likeness (QED) is 0.133. The molecule has 1 aliphatic heterocycles. The van der Waals surface area contributed by atoms with Crippen molar-refractivity contribution in [1.82, 2.24) is 19.3 Å². The molecule has 0 bridgehead atoms. The molecule has 11 nitrogen and oxygen atoms in total. The Kier molecular flexibility index (Phi) is 10.1. The molecule has 1 aliphatic rings. The lowest BCUT2D eigenvalue weighted by Crippen LogP contribution is -2.31. The van der Waals surface area contributed by atoms with Crippen molar-refractivity contribution < 1.29 is 44.3 Å². The molecular weight excluding hydrogens is 758 g/mol. The van der Waals surface area contributed by atoms with E-state index in [2.05, 4.69) is 15.3 Å². The number of sulfone groups is 1. The number of ether oxygens (including phenoxy) is 2. The molecule has 0 radical (unpaired) electrons. The molecule has 2 N–H and O–H groups in total. The maximum Gasteiger partial charge on any atom is 0.306 e. The fourth-order valence-corrected chi connectivity index (χ4v) is 9.09. The maximum atomic E-state index is 16.0. The molecule has 1 unspecified atom stereocenters. The summed E-state index contributed by atoms with van der Waals surface area (Å²) in [5, 5.41) is 3.16. The van der Waals surface area contributed by atoms with Crippen LogP contribution in [0, 0.1) is 24.4 Å². The smallest absolute Gasteiger partial charge is 0.306 e. The van der Waals surface area contributed by atoms with Crippen molar-refractivity contribution in [2.45, 2.75) is 48.9 Å². The van der Waals surface area contributed by atoms with Gasteiger partial charge in [-0.15, -0.1) is 0 Å². The minimum Gasteiger partial charge on any atom is -0.466 e. The third-order valence-electron chi connectivity index (χ3n) is 9.31. The van der Waals surface area contributed by atoms with Crippen LogP contribution in [0.15, 0.2) is 88.8 Å². The second kappa shape index (κ2) is 14.7. The van der Waals surface area contributed by atoms with Crippen molar-refractivity contribution >= 4 is 36.7 Å². The molecule has 3 heterocycles. The normalized spacial score (nSPS) is 14.5. The zero-order valence-corrected chi connectivity index (χ0v) is 31.5. The average Bonchev–Trinajstić information content (AvgIpc) is 3.77. The number of aryl methyl sites for hydroxylation is 2. The summed E-state index contributed by atoms with van der Waals surface area (Å²) >= 11 is 0. The number of esters is 1. The Balaban J connectivity index is 1.23. The molecule has 4 aromatic carbocycles. The summed E-state index contributed by atoms with van der Waals surface area (Å²) in [5.41, 5.74) is 2.17. The number of benzene rings is 4. The van der Waals surface area contributed by atoms with Crippen molar-refractivity contribution in [2.24, 2.45) is 0 Å². The largest absolute Gasteiger partial charge is 0.466 e. The summed E-state index contributed by atoms with van der Waals surface area (Å²) in [6.07, 6.45) is 2.58. The third kappa shape index (κ3) is 7.24. The van der Waals surface area contributed by atoms with Gasteiger partial charge in [0.05, 0.1) is 34.3 Å². The average molecular weight is 793 g/mol. The van der Waals surface area contributed by atoms with Crippen LogP contribution in [-0.4, -0.2) is 56.2 Å². The first kappa shape index (κ1) is 37.8. The highest BCUT2D eigenvalue weighted by Crippen LogP contribution is 2.40. The first-order valence-electron chi connectivity index (χ1n) is 17.3. The highest BCUT2D eigenvalue weighted by molar-refractivity contribution is 7.91. The Bertz CT molecular complexity index is 2690. The van der Waals surface area contributed by atoms with Gasteiger partial charge in [0.1, 0.15) is 28.1 Å². The summed E-state index contributed by atoms with van der Waals surface area (Å²) in [6.45, 7) is 4.15. The molecule has 0 spiro atoms. The first-order valence-corrected chi connectivity index (χ1v) is 20.6. The molecule has 286 valence electrons. The lowest BCUT2D eigenvalue weighted by atomic mass is 9.95. The standard InChI is InChI=1S/C39H35F3N4O7S2/c1-4-52-33(47)15-10-23-6-5-7-27(34(23)42)35-36-31(16-18-43-35)44-39(45-36)28-20-24(11-14-29(28)40)53-37-30(41)21-32-26(38(37)54(3,48)49)17-19-46(32)55(50,51)25-12-8-22(2)9-13-25/h5-9,11-14,17,19-21,35,43H,4,10,15-16,18H2,1-3H3,(H,44,45). The highest BCUT2D eigenvalue weighted by Gasteiger charge is 2.31. The first-order chi connectivity index (χ1) is 26.2. The topological polar surface area (TPSA) is 149 Å². The molecule has 55 heavy (non-hydrogen) atoms. The van der Waals surface area contributed by atoms with Crippen LogP contribution in [0.5, 0.6) is 11.5 Å². The van der Waals surface area contributed by atoms with E-state index in [-0.39, 0.29) is 57.9 Å². The van der Waals surface area contributed by atoms with E-state index in [1.54, 1.807) is 44.2 Å². The van der Waals surface area contributed by atoms with Crippen molar-refractivity contribution in [3.63, 3.8) is 0 Å². The summed E-state index contributed by atoms with van der Waals surface area (Å²) in [5.74, 6) is -3.63. The van der Waals surface area contributed by atoms with Gasteiger partial charge in [0.15, 0.2) is 21.4 Å². The number of imidazole rings is 1. The Labute approximate surface area is 315 Å². The number of carbonyl (C=O) groups excluding carboxylic acids is 1. The van der Waals surface area contributed by atoms with Gasteiger partial charge in [0.2, 0.25) is 0 Å². The SMILES string of the molecule is CCOC(=O)CCc1cccc(C2NCCc3[nH]c(-c4cc(Oc5c(F)cc6c(ccn6S(=O)(=O)c6ccc(C)cc6)c5S(C)(=O)=O)ccc4F)nc32)c1F. The second-order valence-corrected chi connectivity index (χ2v) is 16.9. The predicted octanol–water partition coefficient (Wildman–Crippen LogP) is 6.92. The van der Waals surface area contributed by atoms with Gasteiger partial charge in [0.25, 0.3) is 10.0 Å². The van der Waals surface area contributed by atoms with Crippen molar-refractivity contribution in [3.05, 3.63) is 125 Å². The third-order valence-corrected chi connectivity index (χ3v) is 12.2. The van der Waals surface area contributed by atoms with E-state index in [9.17, 15) is 21.6 Å². The number of nitrogens with zero attached hydrogens (tertiary/aromatic N) is 2. The van der Waals surface area contributed by atoms with Crippen LogP contribution in [-0.2, 0) is 42.2 Å². The molecule has 0 saturated carbocycles. The molecule has 0 amide bonds. The van der Waals surface area contributed by atoms with E-state index < -0.39 is 60.0 Å². The van der Waals surface area contributed by atoms with Gasteiger partial charge in [-0.05, 0) is 62.2 Å². The number of fused-ring (bicyclic) bond motifs is 2. The lowest BCUT2D eigenvalue weighted by Gasteiger charge is -2.24. The van der Waals surface area contributed by atoms with E-state index in [0.717, 1.165) is 34.1 Å². The number of rotatable bonds is 11. The van der Waals surface area contributed by atoms with Crippen LogP contribution in [0.3, 0.4) is 0 Å². The number of carbonyl (C=O) groups is 1. The van der Waals surface area contributed by atoms with Crippen LogP contribution in [0.4, 0.5) is 13.2 Å². The van der Waals surface area contributed by atoms with Crippen LogP contribution in [0.25, 0.3) is 22.3 Å². The number of H-pyrrole nitrogens is 1. The Morgan fingerprint density at radius 1 is 0.982 bits per heavy atom. The minimum absolute atomic E-state index is 0.00785. The number of nitrogens with one attached hydrogen (secondary N) is 2. The van der Waals surface area contributed by atoms with Crippen LogP contribution < -0.4 is 10.1 Å². The van der Waals surface area contributed by atoms with Crippen molar-refractivity contribution in [2.75, 3.05) is 19.4 Å². The zero-order chi connectivity index (χ0) is 39.2. The monoisotopic (exact) mass is 792 g/mol. The predicted molar refractivity (Wildman–Crippen MR) is 198 cm³/mol. The molecular formula is C39H35F3N4O7S2. The van der Waals surface area contributed by atoms with Gasteiger partial charge >= 0.3 is 5.97 Å². The number of aromatic amines is 1. The molecule has 0 saturated heterocycles. The van der Waals surface area contributed by atoms with Gasteiger partial charge in [-0.1, -0.05) is 35.9 Å². The molecule has 0 fully saturated rings. The van der Waals surface area contributed by atoms with E-state index >= 15 is 13.2 Å². The number of aromatic nitrogens is 3. The molecule has 6 aromatic rings. The maximum absolute atomic E-state index is 16.0.